The fourth-order valence-corrected chi connectivity index (χ4v) is 3.27. The third-order valence-electron chi connectivity index (χ3n) is 4.52. The maximum atomic E-state index is 12.5. The fourth-order valence-electron chi connectivity index (χ4n) is 3.27. The Kier molecular flexibility index (Phi) is 3.46. The summed E-state index contributed by atoms with van der Waals surface area (Å²) in [6, 6.07) is 16.0. The van der Waals surface area contributed by atoms with E-state index in [1.165, 1.54) is 5.56 Å². The summed E-state index contributed by atoms with van der Waals surface area (Å²) in [4.78, 5) is 16.7. The SMILES string of the molecule is Cc1nc(=O)n(-c2ccccc2)c2cc(C3CCOC3)ccc12. The lowest BCUT2D eigenvalue weighted by molar-refractivity contribution is 0.194. The van der Waals surface area contributed by atoms with Gasteiger partial charge >= 0.3 is 5.69 Å². The van der Waals surface area contributed by atoms with Crippen LogP contribution in [0.4, 0.5) is 0 Å². The molecular weight excluding hydrogens is 288 g/mol. The highest BCUT2D eigenvalue weighted by atomic mass is 16.5. The molecule has 3 aromatic rings. The number of rotatable bonds is 2. The van der Waals surface area contributed by atoms with Crippen LogP contribution in [0.5, 0.6) is 0 Å². The lowest BCUT2D eigenvalue weighted by atomic mass is 9.97. The Morgan fingerprint density at radius 1 is 1.17 bits per heavy atom. The number of ether oxygens (including phenoxy) is 1. The predicted molar refractivity (Wildman–Crippen MR) is 90.3 cm³/mol. The number of aryl methyl sites for hydroxylation is 1. The van der Waals surface area contributed by atoms with Crippen LogP contribution >= 0.6 is 0 Å². The van der Waals surface area contributed by atoms with E-state index in [2.05, 4.69) is 23.2 Å². The van der Waals surface area contributed by atoms with Gasteiger partial charge in [0.25, 0.3) is 0 Å². The summed E-state index contributed by atoms with van der Waals surface area (Å²) in [6.07, 6.45) is 1.03. The van der Waals surface area contributed by atoms with Gasteiger partial charge in [0.2, 0.25) is 0 Å². The molecule has 4 heteroatoms. The van der Waals surface area contributed by atoms with Gasteiger partial charge in [-0.1, -0.05) is 30.3 Å². The normalized spacial score (nSPS) is 17.7. The molecule has 0 saturated carbocycles. The van der Waals surface area contributed by atoms with Crippen LogP contribution in [0.25, 0.3) is 16.6 Å². The topological polar surface area (TPSA) is 44.1 Å². The van der Waals surface area contributed by atoms with Gasteiger partial charge in [-0.2, -0.15) is 4.98 Å². The number of hydrogen-bond donors (Lipinski definition) is 0. The summed E-state index contributed by atoms with van der Waals surface area (Å²) >= 11 is 0. The largest absolute Gasteiger partial charge is 0.381 e. The van der Waals surface area contributed by atoms with Crippen molar-refractivity contribution in [1.82, 2.24) is 9.55 Å². The van der Waals surface area contributed by atoms with E-state index in [9.17, 15) is 4.79 Å². The average Bonchev–Trinajstić information content (AvgIpc) is 3.10. The molecule has 116 valence electrons. The Hall–Kier alpha value is -2.46. The molecule has 1 aliphatic rings. The summed E-state index contributed by atoms with van der Waals surface area (Å²) in [6.45, 7) is 3.45. The van der Waals surface area contributed by atoms with Crippen molar-refractivity contribution in [3.8, 4) is 5.69 Å². The van der Waals surface area contributed by atoms with Crippen LogP contribution in [-0.2, 0) is 4.74 Å². The lowest BCUT2D eigenvalue weighted by Gasteiger charge is -2.14. The number of hydrogen-bond acceptors (Lipinski definition) is 3. The third kappa shape index (κ3) is 2.45. The van der Waals surface area contributed by atoms with E-state index >= 15 is 0 Å². The zero-order valence-electron chi connectivity index (χ0n) is 13.0. The monoisotopic (exact) mass is 306 g/mol. The first-order chi connectivity index (χ1) is 11.2. The van der Waals surface area contributed by atoms with E-state index in [4.69, 9.17) is 4.74 Å². The Morgan fingerprint density at radius 3 is 2.74 bits per heavy atom. The molecule has 0 amide bonds. The maximum absolute atomic E-state index is 12.5. The predicted octanol–water partition coefficient (Wildman–Crippen LogP) is 3.20. The second kappa shape index (κ2) is 5.63. The molecule has 1 aliphatic heterocycles. The van der Waals surface area contributed by atoms with Crippen molar-refractivity contribution >= 4 is 10.9 Å². The van der Waals surface area contributed by atoms with E-state index < -0.39 is 0 Å². The molecule has 2 heterocycles. The molecule has 1 aromatic heterocycles. The van der Waals surface area contributed by atoms with E-state index in [1.807, 2.05) is 37.3 Å². The minimum Gasteiger partial charge on any atom is -0.381 e. The molecule has 1 fully saturated rings. The summed E-state index contributed by atoms with van der Waals surface area (Å²) in [5, 5.41) is 1.01. The van der Waals surface area contributed by atoms with Gasteiger partial charge in [0.15, 0.2) is 0 Å². The van der Waals surface area contributed by atoms with Gasteiger partial charge < -0.3 is 4.74 Å². The zero-order valence-corrected chi connectivity index (χ0v) is 13.0. The minimum absolute atomic E-state index is 0.235. The van der Waals surface area contributed by atoms with Crippen molar-refractivity contribution < 1.29 is 4.74 Å². The summed E-state index contributed by atoms with van der Waals surface area (Å²) in [7, 11) is 0. The van der Waals surface area contributed by atoms with Gasteiger partial charge in [-0.25, -0.2) is 4.79 Å². The van der Waals surface area contributed by atoms with Gasteiger partial charge in [0, 0.05) is 17.9 Å². The molecule has 1 saturated heterocycles. The average molecular weight is 306 g/mol. The standard InChI is InChI=1S/C19H18N2O2/c1-13-17-8-7-14(15-9-10-23-12-15)11-18(17)21(19(22)20-13)16-5-3-2-4-6-16/h2-8,11,15H,9-10,12H2,1H3. The number of aromatic nitrogens is 2. The van der Waals surface area contributed by atoms with Crippen LogP contribution in [0.3, 0.4) is 0 Å². The van der Waals surface area contributed by atoms with Gasteiger partial charge in [-0.3, -0.25) is 4.57 Å². The van der Waals surface area contributed by atoms with Crippen LogP contribution < -0.4 is 5.69 Å². The minimum atomic E-state index is -0.235. The van der Waals surface area contributed by atoms with Crippen molar-refractivity contribution in [3.63, 3.8) is 0 Å². The highest BCUT2D eigenvalue weighted by molar-refractivity contribution is 5.83. The van der Waals surface area contributed by atoms with Crippen LogP contribution in [0.2, 0.25) is 0 Å². The molecule has 0 bridgehead atoms. The highest BCUT2D eigenvalue weighted by Gasteiger charge is 2.19. The van der Waals surface area contributed by atoms with Gasteiger partial charge in [0.1, 0.15) is 0 Å². The first-order valence-corrected chi connectivity index (χ1v) is 7.90. The van der Waals surface area contributed by atoms with Gasteiger partial charge in [-0.15, -0.1) is 0 Å². The Morgan fingerprint density at radius 2 is 2.00 bits per heavy atom. The summed E-state index contributed by atoms with van der Waals surface area (Å²) < 4.78 is 7.20. The molecule has 0 aliphatic carbocycles. The van der Waals surface area contributed by atoms with Crippen molar-refractivity contribution in [1.29, 1.82) is 0 Å². The maximum Gasteiger partial charge on any atom is 0.352 e. The molecule has 1 unspecified atom stereocenters. The molecular formula is C19H18N2O2. The number of nitrogens with zero attached hydrogens (tertiary/aromatic N) is 2. The van der Waals surface area contributed by atoms with Crippen molar-refractivity contribution in [2.24, 2.45) is 0 Å². The van der Waals surface area contributed by atoms with Crippen LogP contribution in [0, 0.1) is 6.92 Å². The van der Waals surface area contributed by atoms with E-state index in [-0.39, 0.29) is 5.69 Å². The number of benzene rings is 2. The molecule has 2 aromatic carbocycles. The van der Waals surface area contributed by atoms with Crippen LogP contribution in [-0.4, -0.2) is 22.8 Å². The second-order valence-corrected chi connectivity index (χ2v) is 5.99. The number of para-hydroxylation sites is 1. The van der Waals surface area contributed by atoms with Crippen molar-refractivity contribution in [2.45, 2.75) is 19.3 Å². The van der Waals surface area contributed by atoms with Gasteiger partial charge in [0.05, 0.1) is 23.5 Å². The fraction of sp³-hybridized carbons (Fsp3) is 0.263. The molecule has 1 atom stereocenters. The van der Waals surface area contributed by atoms with E-state index in [0.717, 1.165) is 41.9 Å². The van der Waals surface area contributed by atoms with Crippen molar-refractivity contribution in [3.05, 3.63) is 70.3 Å². The molecule has 4 nitrogen and oxygen atoms in total. The molecule has 0 N–H and O–H groups in total. The van der Waals surface area contributed by atoms with E-state index in [0.29, 0.717) is 5.92 Å². The first kappa shape index (κ1) is 14.2. The highest BCUT2D eigenvalue weighted by Crippen LogP contribution is 2.28. The second-order valence-electron chi connectivity index (χ2n) is 5.99. The smallest absolute Gasteiger partial charge is 0.352 e. The Bertz CT molecular complexity index is 910. The Balaban J connectivity index is 2.00. The van der Waals surface area contributed by atoms with Crippen molar-refractivity contribution in [2.75, 3.05) is 13.2 Å². The van der Waals surface area contributed by atoms with Gasteiger partial charge in [-0.05, 0) is 37.1 Å². The zero-order chi connectivity index (χ0) is 15.8. The Labute approximate surface area is 134 Å². The van der Waals surface area contributed by atoms with Crippen LogP contribution in [0.1, 0.15) is 23.6 Å². The van der Waals surface area contributed by atoms with E-state index in [1.54, 1.807) is 4.57 Å². The summed E-state index contributed by atoms with van der Waals surface area (Å²) in [5.41, 5.74) is 3.52. The third-order valence-corrected chi connectivity index (χ3v) is 4.52. The first-order valence-electron chi connectivity index (χ1n) is 7.90. The molecule has 0 spiro atoms. The molecule has 23 heavy (non-hydrogen) atoms. The summed E-state index contributed by atoms with van der Waals surface area (Å²) in [5.74, 6) is 0.409. The number of fused-ring (bicyclic) bond motifs is 1. The molecule has 4 rings (SSSR count). The quantitative estimate of drug-likeness (QED) is 0.730. The lowest BCUT2D eigenvalue weighted by Crippen LogP contribution is -2.23. The molecule has 0 radical (unpaired) electrons. The van der Waals surface area contributed by atoms with Crippen LogP contribution in [0.15, 0.2) is 53.3 Å².